The predicted molar refractivity (Wildman–Crippen MR) is 108 cm³/mol. The standard InChI is InChI=1S/C18H20BrN7/c1-24(2)18-21-6-4-16(23-18)26-9-7-25(8-10-26)15-3-5-20-14-11-13(19)12-22-17(14)15/h3-6,11-12H,7-10H2,1-2H3. The Morgan fingerprint density at radius 3 is 2.46 bits per heavy atom. The highest BCUT2D eigenvalue weighted by Crippen LogP contribution is 2.27. The number of halogens is 1. The molecule has 3 aromatic heterocycles. The molecule has 1 fully saturated rings. The summed E-state index contributed by atoms with van der Waals surface area (Å²) in [6.07, 6.45) is 5.50. The minimum Gasteiger partial charge on any atom is -0.366 e. The summed E-state index contributed by atoms with van der Waals surface area (Å²) in [5.74, 6) is 1.71. The fourth-order valence-electron chi connectivity index (χ4n) is 3.15. The highest BCUT2D eigenvalue weighted by molar-refractivity contribution is 9.10. The molecular formula is C18H20BrN7. The second-order valence-electron chi connectivity index (χ2n) is 6.43. The number of piperazine rings is 1. The van der Waals surface area contributed by atoms with E-state index in [1.54, 1.807) is 0 Å². The highest BCUT2D eigenvalue weighted by atomic mass is 79.9. The van der Waals surface area contributed by atoms with E-state index in [-0.39, 0.29) is 0 Å². The molecule has 0 unspecified atom stereocenters. The fraction of sp³-hybridized carbons (Fsp3) is 0.333. The van der Waals surface area contributed by atoms with E-state index in [2.05, 4.69) is 45.7 Å². The van der Waals surface area contributed by atoms with Crippen LogP contribution in [0.5, 0.6) is 0 Å². The smallest absolute Gasteiger partial charge is 0.226 e. The quantitative estimate of drug-likeness (QED) is 0.653. The number of nitrogens with zero attached hydrogens (tertiary/aromatic N) is 7. The first-order valence-corrected chi connectivity index (χ1v) is 9.31. The summed E-state index contributed by atoms with van der Waals surface area (Å²) >= 11 is 3.46. The average Bonchev–Trinajstić information content (AvgIpc) is 2.67. The minimum atomic E-state index is 0.736. The molecule has 0 spiro atoms. The van der Waals surface area contributed by atoms with Gasteiger partial charge in [-0.3, -0.25) is 9.97 Å². The molecule has 0 atom stereocenters. The molecule has 134 valence electrons. The number of pyridine rings is 2. The second kappa shape index (κ2) is 7.03. The van der Waals surface area contributed by atoms with Gasteiger partial charge in [-0.2, -0.15) is 4.98 Å². The van der Waals surface area contributed by atoms with E-state index in [1.165, 1.54) is 0 Å². The lowest BCUT2D eigenvalue weighted by molar-refractivity contribution is 0.647. The summed E-state index contributed by atoms with van der Waals surface area (Å²) in [5.41, 5.74) is 2.99. The normalized spacial score (nSPS) is 14.7. The molecule has 0 aliphatic carbocycles. The number of fused-ring (bicyclic) bond motifs is 1. The Morgan fingerprint density at radius 2 is 1.69 bits per heavy atom. The van der Waals surface area contributed by atoms with Gasteiger partial charge in [0.15, 0.2) is 0 Å². The lowest BCUT2D eigenvalue weighted by atomic mass is 10.2. The van der Waals surface area contributed by atoms with Crippen molar-refractivity contribution in [3.05, 3.63) is 41.3 Å². The third kappa shape index (κ3) is 3.29. The van der Waals surface area contributed by atoms with Crippen molar-refractivity contribution >= 4 is 44.4 Å². The van der Waals surface area contributed by atoms with E-state index >= 15 is 0 Å². The molecule has 0 amide bonds. The van der Waals surface area contributed by atoms with Crippen molar-refractivity contribution in [3.63, 3.8) is 0 Å². The lowest BCUT2D eigenvalue weighted by Crippen LogP contribution is -2.47. The molecule has 1 aliphatic rings. The van der Waals surface area contributed by atoms with Gasteiger partial charge in [-0.05, 0) is 34.1 Å². The van der Waals surface area contributed by atoms with Crippen LogP contribution in [-0.2, 0) is 0 Å². The van der Waals surface area contributed by atoms with Gasteiger partial charge in [0.1, 0.15) is 11.3 Å². The van der Waals surface area contributed by atoms with E-state index in [1.807, 2.05) is 55.8 Å². The molecule has 1 aliphatic heterocycles. The van der Waals surface area contributed by atoms with Crippen molar-refractivity contribution < 1.29 is 0 Å². The molecule has 0 saturated carbocycles. The molecular weight excluding hydrogens is 394 g/mol. The summed E-state index contributed by atoms with van der Waals surface area (Å²) in [4.78, 5) is 24.6. The van der Waals surface area contributed by atoms with E-state index < -0.39 is 0 Å². The molecule has 8 heteroatoms. The second-order valence-corrected chi connectivity index (χ2v) is 7.35. The first-order chi connectivity index (χ1) is 12.6. The van der Waals surface area contributed by atoms with Crippen LogP contribution in [0.3, 0.4) is 0 Å². The van der Waals surface area contributed by atoms with Crippen molar-refractivity contribution in [3.8, 4) is 0 Å². The van der Waals surface area contributed by atoms with Gasteiger partial charge in [-0.25, -0.2) is 4.98 Å². The van der Waals surface area contributed by atoms with Gasteiger partial charge in [0.2, 0.25) is 5.95 Å². The van der Waals surface area contributed by atoms with Crippen LogP contribution in [0.1, 0.15) is 0 Å². The van der Waals surface area contributed by atoms with Crippen LogP contribution < -0.4 is 14.7 Å². The fourth-order valence-corrected chi connectivity index (χ4v) is 3.47. The van der Waals surface area contributed by atoms with E-state index in [9.17, 15) is 0 Å². The van der Waals surface area contributed by atoms with Crippen LogP contribution in [0.25, 0.3) is 11.0 Å². The summed E-state index contributed by atoms with van der Waals surface area (Å²) in [7, 11) is 3.91. The SMILES string of the molecule is CN(C)c1nccc(N2CCN(c3ccnc4cc(Br)cnc34)CC2)n1. The largest absolute Gasteiger partial charge is 0.366 e. The van der Waals surface area contributed by atoms with Crippen molar-refractivity contribution in [1.29, 1.82) is 0 Å². The predicted octanol–water partition coefficient (Wildman–Crippen LogP) is 2.57. The van der Waals surface area contributed by atoms with Crippen LogP contribution in [0.15, 0.2) is 41.3 Å². The lowest BCUT2D eigenvalue weighted by Gasteiger charge is -2.37. The molecule has 0 aromatic carbocycles. The molecule has 0 N–H and O–H groups in total. The third-order valence-electron chi connectivity index (χ3n) is 4.50. The van der Waals surface area contributed by atoms with Crippen molar-refractivity contribution in [2.75, 3.05) is 55.0 Å². The van der Waals surface area contributed by atoms with E-state index in [4.69, 9.17) is 0 Å². The number of aromatic nitrogens is 4. The number of hydrogen-bond donors (Lipinski definition) is 0. The molecule has 4 rings (SSSR count). The van der Waals surface area contributed by atoms with Gasteiger partial charge in [0.05, 0.1) is 11.2 Å². The van der Waals surface area contributed by atoms with Crippen LogP contribution >= 0.6 is 15.9 Å². The molecule has 26 heavy (non-hydrogen) atoms. The Hall–Kier alpha value is -2.48. The summed E-state index contributed by atoms with van der Waals surface area (Å²) in [6.45, 7) is 3.64. The van der Waals surface area contributed by atoms with Crippen LogP contribution in [0, 0.1) is 0 Å². The molecule has 1 saturated heterocycles. The Labute approximate surface area is 160 Å². The third-order valence-corrected chi connectivity index (χ3v) is 4.93. The monoisotopic (exact) mass is 413 g/mol. The van der Waals surface area contributed by atoms with Crippen molar-refractivity contribution in [2.24, 2.45) is 0 Å². The maximum absolute atomic E-state index is 4.65. The summed E-state index contributed by atoms with van der Waals surface area (Å²) in [6, 6.07) is 6.03. The van der Waals surface area contributed by atoms with Crippen LogP contribution in [0.4, 0.5) is 17.5 Å². The Balaban J connectivity index is 1.53. The molecule has 0 radical (unpaired) electrons. The summed E-state index contributed by atoms with van der Waals surface area (Å²) in [5, 5.41) is 0. The van der Waals surface area contributed by atoms with Gasteiger partial charge in [0, 0.05) is 63.3 Å². The first kappa shape index (κ1) is 17.0. The maximum Gasteiger partial charge on any atom is 0.226 e. The van der Waals surface area contributed by atoms with Crippen molar-refractivity contribution in [1.82, 2.24) is 19.9 Å². The zero-order valence-corrected chi connectivity index (χ0v) is 16.4. The van der Waals surface area contributed by atoms with Gasteiger partial charge in [-0.15, -0.1) is 0 Å². The van der Waals surface area contributed by atoms with E-state index in [0.717, 1.165) is 59.1 Å². The van der Waals surface area contributed by atoms with Gasteiger partial charge in [0.25, 0.3) is 0 Å². The number of rotatable bonds is 3. The van der Waals surface area contributed by atoms with Gasteiger partial charge in [-0.1, -0.05) is 0 Å². The number of hydrogen-bond acceptors (Lipinski definition) is 7. The molecule has 7 nitrogen and oxygen atoms in total. The zero-order chi connectivity index (χ0) is 18.1. The van der Waals surface area contributed by atoms with Crippen LogP contribution in [-0.4, -0.2) is 60.2 Å². The molecule has 3 aromatic rings. The topological polar surface area (TPSA) is 61.3 Å². The molecule has 0 bridgehead atoms. The van der Waals surface area contributed by atoms with Gasteiger partial charge < -0.3 is 14.7 Å². The first-order valence-electron chi connectivity index (χ1n) is 8.52. The Morgan fingerprint density at radius 1 is 0.962 bits per heavy atom. The molecule has 4 heterocycles. The van der Waals surface area contributed by atoms with Gasteiger partial charge >= 0.3 is 0 Å². The van der Waals surface area contributed by atoms with Crippen LogP contribution in [0.2, 0.25) is 0 Å². The summed E-state index contributed by atoms with van der Waals surface area (Å²) < 4.78 is 0.944. The minimum absolute atomic E-state index is 0.736. The van der Waals surface area contributed by atoms with E-state index in [0.29, 0.717) is 0 Å². The Bertz CT molecular complexity index is 922. The maximum atomic E-state index is 4.65. The average molecular weight is 414 g/mol. The zero-order valence-electron chi connectivity index (χ0n) is 14.8. The number of anilines is 3. The highest BCUT2D eigenvalue weighted by Gasteiger charge is 2.21. The Kier molecular flexibility index (Phi) is 4.58. The van der Waals surface area contributed by atoms with Crippen molar-refractivity contribution in [2.45, 2.75) is 0 Å².